The van der Waals surface area contributed by atoms with Crippen LogP contribution in [0, 0.1) is 6.92 Å². The summed E-state index contributed by atoms with van der Waals surface area (Å²) in [7, 11) is 0. The van der Waals surface area contributed by atoms with Crippen molar-refractivity contribution < 1.29 is 0 Å². The van der Waals surface area contributed by atoms with Crippen LogP contribution in [0.25, 0.3) is 0 Å². The number of imidazole rings is 1. The van der Waals surface area contributed by atoms with Gasteiger partial charge in [-0.3, -0.25) is 0 Å². The summed E-state index contributed by atoms with van der Waals surface area (Å²) >= 11 is 6.01. The standard InChI is InChI=1S/C11H16ClN5/c1-7(2)16-6-14-4-9(16)5-17-11(13)10(12)8(3)15-17/h4,6-7H,5,13H2,1-3H3. The summed E-state index contributed by atoms with van der Waals surface area (Å²) in [5.41, 5.74) is 7.70. The Morgan fingerprint density at radius 1 is 1.47 bits per heavy atom. The van der Waals surface area contributed by atoms with Gasteiger partial charge >= 0.3 is 0 Å². The molecule has 5 nitrogen and oxygen atoms in total. The van der Waals surface area contributed by atoms with Gasteiger partial charge < -0.3 is 10.3 Å². The molecule has 0 saturated heterocycles. The van der Waals surface area contributed by atoms with Gasteiger partial charge in [-0.15, -0.1) is 0 Å². The maximum Gasteiger partial charge on any atom is 0.141 e. The predicted molar refractivity (Wildman–Crippen MR) is 68.1 cm³/mol. The van der Waals surface area contributed by atoms with E-state index in [0.717, 1.165) is 11.4 Å². The number of aryl methyl sites for hydroxylation is 1. The third-order valence-corrected chi connectivity index (χ3v) is 3.17. The van der Waals surface area contributed by atoms with Crippen LogP contribution < -0.4 is 5.73 Å². The quantitative estimate of drug-likeness (QED) is 0.913. The third-order valence-electron chi connectivity index (χ3n) is 2.71. The predicted octanol–water partition coefficient (Wildman–Crippen LogP) is 2.25. The van der Waals surface area contributed by atoms with Crippen molar-refractivity contribution in [3.8, 4) is 0 Å². The number of nitrogen functional groups attached to an aromatic ring is 1. The minimum atomic E-state index is 0.362. The average molecular weight is 254 g/mol. The van der Waals surface area contributed by atoms with Gasteiger partial charge in [0, 0.05) is 6.04 Å². The highest BCUT2D eigenvalue weighted by atomic mass is 35.5. The number of halogens is 1. The van der Waals surface area contributed by atoms with Crippen LogP contribution in [0.1, 0.15) is 31.3 Å². The lowest BCUT2D eigenvalue weighted by molar-refractivity contribution is 0.549. The van der Waals surface area contributed by atoms with Crippen molar-refractivity contribution in [3.63, 3.8) is 0 Å². The maximum absolute atomic E-state index is 6.01. The van der Waals surface area contributed by atoms with Crippen LogP contribution in [-0.4, -0.2) is 19.3 Å². The van der Waals surface area contributed by atoms with Crippen molar-refractivity contribution in [1.29, 1.82) is 0 Å². The normalized spacial score (nSPS) is 11.4. The zero-order chi connectivity index (χ0) is 12.6. The monoisotopic (exact) mass is 253 g/mol. The Kier molecular flexibility index (Phi) is 3.11. The van der Waals surface area contributed by atoms with Crippen molar-refractivity contribution in [2.24, 2.45) is 0 Å². The highest BCUT2D eigenvalue weighted by Crippen LogP contribution is 2.23. The minimum Gasteiger partial charge on any atom is -0.383 e. The number of rotatable bonds is 3. The van der Waals surface area contributed by atoms with E-state index in [9.17, 15) is 0 Å². The molecule has 2 aromatic rings. The SMILES string of the molecule is Cc1nn(Cc2cncn2C(C)C)c(N)c1Cl. The van der Waals surface area contributed by atoms with Gasteiger partial charge in [0.05, 0.1) is 30.5 Å². The van der Waals surface area contributed by atoms with Crippen LogP contribution in [0.3, 0.4) is 0 Å². The summed E-state index contributed by atoms with van der Waals surface area (Å²) in [6.45, 7) is 6.64. The van der Waals surface area contributed by atoms with Crippen molar-refractivity contribution in [2.75, 3.05) is 5.73 Å². The summed E-state index contributed by atoms with van der Waals surface area (Å²) in [5, 5.41) is 4.83. The second kappa shape index (κ2) is 4.41. The lowest BCUT2D eigenvalue weighted by Gasteiger charge is -2.12. The lowest BCUT2D eigenvalue weighted by Crippen LogP contribution is -2.11. The Morgan fingerprint density at radius 3 is 2.71 bits per heavy atom. The number of aromatic nitrogens is 4. The fourth-order valence-electron chi connectivity index (χ4n) is 1.77. The van der Waals surface area contributed by atoms with E-state index in [1.54, 1.807) is 4.68 Å². The van der Waals surface area contributed by atoms with Gasteiger partial charge in [-0.25, -0.2) is 9.67 Å². The molecule has 6 heteroatoms. The van der Waals surface area contributed by atoms with E-state index in [-0.39, 0.29) is 0 Å². The van der Waals surface area contributed by atoms with Gasteiger partial charge in [0.25, 0.3) is 0 Å². The maximum atomic E-state index is 6.01. The molecule has 0 aliphatic heterocycles. The molecule has 17 heavy (non-hydrogen) atoms. The molecule has 0 aliphatic rings. The smallest absolute Gasteiger partial charge is 0.141 e. The van der Waals surface area contributed by atoms with Gasteiger partial charge in [-0.2, -0.15) is 5.10 Å². The van der Waals surface area contributed by atoms with Crippen LogP contribution in [0.5, 0.6) is 0 Å². The first-order chi connectivity index (χ1) is 8.00. The molecule has 0 fully saturated rings. The Hall–Kier alpha value is -1.49. The number of nitrogens with two attached hydrogens (primary N) is 1. The van der Waals surface area contributed by atoms with E-state index in [2.05, 4.69) is 28.5 Å². The second-order valence-corrected chi connectivity index (χ2v) is 4.71. The van der Waals surface area contributed by atoms with Gasteiger partial charge in [0.15, 0.2) is 0 Å². The summed E-state index contributed by atoms with van der Waals surface area (Å²) in [4.78, 5) is 4.15. The van der Waals surface area contributed by atoms with Crippen molar-refractivity contribution in [1.82, 2.24) is 19.3 Å². The summed E-state index contributed by atoms with van der Waals surface area (Å²) in [6.07, 6.45) is 3.64. The van der Waals surface area contributed by atoms with Crippen LogP contribution in [0.2, 0.25) is 5.02 Å². The molecule has 2 rings (SSSR count). The van der Waals surface area contributed by atoms with Crippen molar-refractivity contribution in [3.05, 3.63) is 28.9 Å². The summed E-state index contributed by atoms with van der Waals surface area (Å²) in [5.74, 6) is 0.501. The molecule has 0 atom stereocenters. The topological polar surface area (TPSA) is 61.7 Å². The number of nitrogens with zero attached hydrogens (tertiary/aromatic N) is 4. The molecule has 0 aliphatic carbocycles. The van der Waals surface area contributed by atoms with E-state index in [0.29, 0.717) is 23.4 Å². The van der Waals surface area contributed by atoms with Crippen molar-refractivity contribution >= 4 is 17.4 Å². The first-order valence-electron chi connectivity index (χ1n) is 5.49. The molecule has 0 bridgehead atoms. The largest absolute Gasteiger partial charge is 0.383 e. The van der Waals surface area contributed by atoms with Crippen molar-refractivity contribution in [2.45, 2.75) is 33.4 Å². The Morgan fingerprint density at radius 2 is 2.18 bits per heavy atom. The van der Waals surface area contributed by atoms with E-state index in [1.807, 2.05) is 19.4 Å². The number of hydrogen-bond donors (Lipinski definition) is 1. The van der Waals surface area contributed by atoms with E-state index >= 15 is 0 Å². The minimum absolute atomic E-state index is 0.362. The molecule has 2 aromatic heterocycles. The molecule has 0 amide bonds. The van der Waals surface area contributed by atoms with Gasteiger partial charge in [-0.1, -0.05) is 11.6 Å². The zero-order valence-corrected chi connectivity index (χ0v) is 10.9. The molecule has 2 heterocycles. The zero-order valence-electron chi connectivity index (χ0n) is 10.2. The highest BCUT2D eigenvalue weighted by Gasteiger charge is 2.12. The lowest BCUT2D eigenvalue weighted by atomic mass is 10.3. The number of hydrogen-bond acceptors (Lipinski definition) is 3. The van der Waals surface area contributed by atoms with Crippen LogP contribution in [-0.2, 0) is 6.54 Å². The second-order valence-electron chi connectivity index (χ2n) is 4.33. The summed E-state index contributed by atoms with van der Waals surface area (Å²) in [6, 6.07) is 0.362. The molecule has 0 saturated carbocycles. The Bertz CT molecular complexity index is 526. The average Bonchev–Trinajstić information content (AvgIpc) is 2.81. The fourth-order valence-corrected chi connectivity index (χ4v) is 1.91. The van der Waals surface area contributed by atoms with E-state index in [1.165, 1.54) is 0 Å². The van der Waals surface area contributed by atoms with Crippen LogP contribution in [0.4, 0.5) is 5.82 Å². The first-order valence-corrected chi connectivity index (χ1v) is 5.87. The molecule has 92 valence electrons. The molecule has 0 spiro atoms. The third kappa shape index (κ3) is 2.15. The van der Waals surface area contributed by atoms with Gasteiger partial charge in [0.2, 0.25) is 0 Å². The highest BCUT2D eigenvalue weighted by molar-refractivity contribution is 6.33. The number of anilines is 1. The molecule has 0 aromatic carbocycles. The fraction of sp³-hybridized carbons (Fsp3) is 0.455. The van der Waals surface area contributed by atoms with E-state index < -0.39 is 0 Å². The Labute approximate surface area is 105 Å². The molecule has 0 unspecified atom stereocenters. The van der Waals surface area contributed by atoms with E-state index in [4.69, 9.17) is 17.3 Å². The van der Waals surface area contributed by atoms with Gasteiger partial charge in [-0.05, 0) is 20.8 Å². The Balaban J connectivity index is 2.32. The molecular formula is C11H16ClN5. The van der Waals surface area contributed by atoms with Gasteiger partial charge in [0.1, 0.15) is 10.8 Å². The molecule has 2 N–H and O–H groups in total. The first kappa shape index (κ1) is 12.0. The van der Waals surface area contributed by atoms with Crippen LogP contribution in [0.15, 0.2) is 12.5 Å². The molecular weight excluding hydrogens is 238 g/mol. The molecule has 0 radical (unpaired) electrons. The van der Waals surface area contributed by atoms with Crippen LogP contribution >= 0.6 is 11.6 Å². The summed E-state index contributed by atoms with van der Waals surface area (Å²) < 4.78 is 3.79.